The molecule has 1 aliphatic rings. The van der Waals surface area contributed by atoms with Gasteiger partial charge in [-0.2, -0.15) is 0 Å². The van der Waals surface area contributed by atoms with Crippen LogP contribution < -0.4 is 0 Å². The van der Waals surface area contributed by atoms with Gasteiger partial charge in [0.1, 0.15) is 16.6 Å². The van der Waals surface area contributed by atoms with Gasteiger partial charge in [-0.25, -0.2) is 4.98 Å². The molecule has 3 rings (SSSR count). The zero-order chi connectivity index (χ0) is 15.7. The van der Waals surface area contributed by atoms with Crippen LogP contribution in [-0.2, 0) is 7.05 Å². The number of aromatic nitrogens is 2. The number of hydrogen-bond acceptors (Lipinski definition) is 2. The van der Waals surface area contributed by atoms with Gasteiger partial charge in [-0.15, -0.1) is 0 Å². The van der Waals surface area contributed by atoms with E-state index in [0.717, 1.165) is 24.2 Å². The standard InChI is InChI=1S/C17H20Cl2N2O/c1-21-10-9-20-17(21)14(11-5-3-2-4-6-11)12-7-8-13(18)15(19)16(12)22/h7-11,14,22H,2-6H2,1H3. The largest absolute Gasteiger partial charge is 0.506 e. The lowest BCUT2D eigenvalue weighted by Gasteiger charge is -2.31. The molecule has 1 atom stereocenters. The number of aromatic hydroxyl groups is 1. The van der Waals surface area contributed by atoms with E-state index in [4.69, 9.17) is 23.2 Å². The molecule has 22 heavy (non-hydrogen) atoms. The molecule has 2 aromatic rings. The zero-order valence-corrected chi connectivity index (χ0v) is 14.1. The van der Waals surface area contributed by atoms with E-state index in [1.54, 1.807) is 12.3 Å². The van der Waals surface area contributed by atoms with Gasteiger partial charge in [0.15, 0.2) is 0 Å². The van der Waals surface area contributed by atoms with Crippen molar-refractivity contribution in [1.82, 2.24) is 9.55 Å². The molecule has 0 saturated heterocycles. The smallest absolute Gasteiger partial charge is 0.139 e. The second-order valence-corrected chi connectivity index (χ2v) is 6.86. The molecule has 3 nitrogen and oxygen atoms in total. The van der Waals surface area contributed by atoms with Crippen LogP contribution in [0.1, 0.15) is 49.4 Å². The van der Waals surface area contributed by atoms with Gasteiger partial charge in [-0.3, -0.25) is 0 Å². The van der Waals surface area contributed by atoms with E-state index in [9.17, 15) is 5.11 Å². The number of phenolic OH excluding ortho intramolecular Hbond substituents is 1. The van der Waals surface area contributed by atoms with Gasteiger partial charge in [0, 0.05) is 30.9 Å². The minimum absolute atomic E-state index is 0.0510. The third kappa shape index (κ3) is 2.84. The van der Waals surface area contributed by atoms with Crippen LogP contribution in [0.2, 0.25) is 10.0 Å². The van der Waals surface area contributed by atoms with E-state index in [2.05, 4.69) is 4.98 Å². The third-order valence-corrected chi connectivity index (χ3v) is 5.49. The monoisotopic (exact) mass is 338 g/mol. The first-order valence-corrected chi connectivity index (χ1v) is 8.49. The van der Waals surface area contributed by atoms with Crippen molar-refractivity contribution in [3.05, 3.63) is 46.0 Å². The Hall–Kier alpha value is -1.19. The van der Waals surface area contributed by atoms with Gasteiger partial charge < -0.3 is 9.67 Å². The fourth-order valence-electron chi connectivity index (χ4n) is 3.55. The van der Waals surface area contributed by atoms with Gasteiger partial charge in [-0.05, 0) is 24.8 Å². The van der Waals surface area contributed by atoms with Gasteiger partial charge in [0.05, 0.1) is 5.02 Å². The van der Waals surface area contributed by atoms with Crippen molar-refractivity contribution in [2.75, 3.05) is 0 Å². The van der Waals surface area contributed by atoms with E-state index >= 15 is 0 Å². The third-order valence-electron chi connectivity index (χ3n) is 4.69. The molecule has 0 radical (unpaired) electrons. The number of benzene rings is 1. The van der Waals surface area contributed by atoms with Crippen LogP contribution in [0.5, 0.6) is 5.75 Å². The number of imidazole rings is 1. The second kappa shape index (κ2) is 6.51. The van der Waals surface area contributed by atoms with Crippen molar-refractivity contribution in [3.63, 3.8) is 0 Å². The van der Waals surface area contributed by atoms with Crippen molar-refractivity contribution in [2.24, 2.45) is 13.0 Å². The summed E-state index contributed by atoms with van der Waals surface area (Å²) >= 11 is 12.2. The quantitative estimate of drug-likeness (QED) is 0.840. The first-order chi connectivity index (χ1) is 10.6. The van der Waals surface area contributed by atoms with E-state index in [1.165, 1.54) is 19.3 Å². The van der Waals surface area contributed by atoms with Gasteiger partial charge in [0.2, 0.25) is 0 Å². The van der Waals surface area contributed by atoms with Crippen LogP contribution >= 0.6 is 23.2 Å². The summed E-state index contributed by atoms with van der Waals surface area (Å²) in [6.07, 6.45) is 9.80. The van der Waals surface area contributed by atoms with Crippen molar-refractivity contribution in [1.29, 1.82) is 0 Å². The Morgan fingerprint density at radius 2 is 1.95 bits per heavy atom. The van der Waals surface area contributed by atoms with E-state index < -0.39 is 0 Å². The minimum Gasteiger partial charge on any atom is -0.506 e. The lowest BCUT2D eigenvalue weighted by atomic mass is 9.76. The molecule has 118 valence electrons. The summed E-state index contributed by atoms with van der Waals surface area (Å²) in [5, 5.41) is 11.1. The maximum Gasteiger partial charge on any atom is 0.139 e. The first kappa shape index (κ1) is 15.7. The minimum atomic E-state index is 0.0510. The fraction of sp³-hybridized carbons (Fsp3) is 0.471. The number of nitrogens with zero attached hydrogens (tertiary/aromatic N) is 2. The average Bonchev–Trinajstić information content (AvgIpc) is 2.95. The molecule has 5 heteroatoms. The van der Waals surface area contributed by atoms with Gasteiger partial charge >= 0.3 is 0 Å². The molecule has 1 N–H and O–H groups in total. The number of hydrogen-bond donors (Lipinski definition) is 1. The summed E-state index contributed by atoms with van der Waals surface area (Å²) in [4.78, 5) is 4.54. The van der Waals surface area contributed by atoms with Crippen LogP contribution in [-0.4, -0.2) is 14.7 Å². The van der Waals surface area contributed by atoms with Gasteiger partial charge in [-0.1, -0.05) is 48.5 Å². The summed E-state index contributed by atoms with van der Waals surface area (Å²) in [5.74, 6) is 1.58. The van der Waals surface area contributed by atoms with Crippen molar-refractivity contribution in [2.45, 2.75) is 38.0 Å². The molecule has 1 heterocycles. The number of rotatable bonds is 3. The summed E-state index contributed by atoms with van der Waals surface area (Å²) < 4.78 is 2.03. The molecule has 1 aliphatic carbocycles. The molecule has 0 aliphatic heterocycles. The highest BCUT2D eigenvalue weighted by atomic mass is 35.5. The topological polar surface area (TPSA) is 38.0 Å². The van der Waals surface area contributed by atoms with Crippen molar-refractivity contribution in [3.8, 4) is 5.75 Å². The number of aryl methyl sites for hydroxylation is 1. The fourth-order valence-corrected chi connectivity index (χ4v) is 3.88. The SMILES string of the molecule is Cn1ccnc1C(c1ccc(Cl)c(Cl)c1O)C1CCCCC1. The highest BCUT2D eigenvalue weighted by molar-refractivity contribution is 6.43. The van der Waals surface area contributed by atoms with Gasteiger partial charge in [0.25, 0.3) is 0 Å². The Kier molecular flexibility index (Phi) is 4.65. The maximum atomic E-state index is 10.5. The van der Waals surface area contributed by atoms with E-state index in [-0.39, 0.29) is 16.7 Å². The highest BCUT2D eigenvalue weighted by Crippen LogP contribution is 2.45. The Balaban J connectivity index is 2.09. The van der Waals surface area contributed by atoms with Crippen molar-refractivity contribution < 1.29 is 5.11 Å². The molecule has 1 fully saturated rings. The van der Waals surface area contributed by atoms with Crippen LogP contribution in [0.15, 0.2) is 24.5 Å². The predicted molar refractivity (Wildman–Crippen MR) is 89.8 cm³/mol. The van der Waals surface area contributed by atoms with Crippen LogP contribution in [0, 0.1) is 5.92 Å². The molecule has 1 unspecified atom stereocenters. The normalized spacial score (nSPS) is 17.6. The first-order valence-electron chi connectivity index (χ1n) is 7.73. The molecule has 0 spiro atoms. The molecular formula is C17H20Cl2N2O. The summed E-state index contributed by atoms with van der Waals surface area (Å²) in [6, 6.07) is 3.65. The molecular weight excluding hydrogens is 319 g/mol. The average molecular weight is 339 g/mol. The Bertz CT molecular complexity index is 663. The van der Waals surface area contributed by atoms with Crippen LogP contribution in [0.3, 0.4) is 0 Å². The van der Waals surface area contributed by atoms with E-state index in [0.29, 0.717) is 10.9 Å². The number of halogens is 2. The summed E-state index contributed by atoms with van der Waals surface area (Å²) in [7, 11) is 1.99. The van der Waals surface area contributed by atoms with Crippen LogP contribution in [0.4, 0.5) is 0 Å². The molecule has 0 amide bonds. The molecule has 0 bridgehead atoms. The summed E-state index contributed by atoms with van der Waals surface area (Å²) in [6.45, 7) is 0. The van der Waals surface area contributed by atoms with Crippen molar-refractivity contribution >= 4 is 23.2 Å². The van der Waals surface area contributed by atoms with E-state index in [1.807, 2.05) is 23.9 Å². The Morgan fingerprint density at radius 3 is 2.59 bits per heavy atom. The lowest BCUT2D eigenvalue weighted by molar-refractivity contribution is 0.313. The predicted octanol–water partition coefficient (Wildman–Crippen LogP) is 5.14. The second-order valence-electron chi connectivity index (χ2n) is 6.07. The highest BCUT2D eigenvalue weighted by Gasteiger charge is 2.32. The Labute approximate surface area is 140 Å². The number of phenols is 1. The molecule has 1 aromatic carbocycles. The molecule has 1 aromatic heterocycles. The maximum absolute atomic E-state index is 10.5. The summed E-state index contributed by atoms with van der Waals surface area (Å²) in [5.41, 5.74) is 0.829. The van der Waals surface area contributed by atoms with Crippen LogP contribution in [0.25, 0.3) is 0 Å². The molecule has 1 saturated carbocycles. The zero-order valence-electron chi connectivity index (χ0n) is 12.6. The Morgan fingerprint density at radius 1 is 1.23 bits per heavy atom. The lowest BCUT2D eigenvalue weighted by Crippen LogP contribution is -2.20.